The van der Waals surface area contributed by atoms with Crippen LogP contribution in [-0.2, 0) is 19.2 Å². The molecule has 4 atom stereocenters. The van der Waals surface area contributed by atoms with Gasteiger partial charge in [0, 0.05) is 32.6 Å². The summed E-state index contributed by atoms with van der Waals surface area (Å²) in [6.45, 7) is 0. The number of fused-ring (bicyclic) bond motifs is 3. The van der Waals surface area contributed by atoms with E-state index in [1.807, 2.05) is 6.08 Å². The minimum absolute atomic E-state index is 0.0246. The number of imide groups is 1. The van der Waals surface area contributed by atoms with Crippen LogP contribution in [0, 0.1) is 17.8 Å². The molecule has 1 aliphatic heterocycles. The van der Waals surface area contributed by atoms with Gasteiger partial charge in [-0.05, 0) is 76.7 Å². The van der Waals surface area contributed by atoms with Gasteiger partial charge in [-0.2, -0.15) is 0 Å². The average molecular weight is 644 g/mol. The van der Waals surface area contributed by atoms with Crippen LogP contribution >= 0.6 is 43.5 Å². The highest BCUT2D eigenvalue weighted by Crippen LogP contribution is 2.56. The van der Waals surface area contributed by atoms with Crippen LogP contribution < -0.4 is 4.90 Å². The molecule has 1 fully saturated rings. The van der Waals surface area contributed by atoms with Crippen LogP contribution in [-0.4, -0.2) is 28.5 Å². The second-order valence-electron chi connectivity index (χ2n) is 9.59. The summed E-state index contributed by atoms with van der Waals surface area (Å²) in [5.74, 6) is -3.56. The van der Waals surface area contributed by atoms with Crippen molar-refractivity contribution in [3.8, 4) is 5.75 Å². The van der Waals surface area contributed by atoms with Crippen molar-refractivity contribution in [1.82, 2.24) is 0 Å². The molecule has 1 N–H and O–H groups in total. The number of carbonyl (C=O) groups is 4. The Bertz CT molecular complexity index is 1520. The first-order valence-electron chi connectivity index (χ1n) is 11.7. The number of hydrogen-bond acceptors (Lipinski definition) is 5. The number of hydrogen-bond donors (Lipinski definition) is 1. The van der Waals surface area contributed by atoms with Crippen LogP contribution in [0.3, 0.4) is 0 Å². The number of ketones is 2. The molecule has 6 rings (SSSR count). The van der Waals surface area contributed by atoms with E-state index >= 15 is 0 Å². The highest BCUT2D eigenvalue weighted by Gasteiger charge is 2.56. The molecular formula is C28H18Br2ClNO5. The number of halogens is 3. The second-order valence-corrected chi connectivity index (χ2v) is 11.8. The van der Waals surface area contributed by atoms with E-state index in [0.29, 0.717) is 28.8 Å². The predicted octanol–water partition coefficient (Wildman–Crippen LogP) is 5.77. The highest BCUT2D eigenvalue weighted by atomic mass is 79.9. The molecule has 2 aromatic rings. The Morgan fingerprint density at radius 3 is 2.38 bits per heavy atom. The van der Waals surface area contributed by atoms with E-state index in [-0.39, 0.29) is 45.1 Å². The van der Waals surface area contributed by atoms with E-state index in [1.54, 1.807) is 30.3 Å². The molecule has 9 heteroatoms. The van der Waals surface area contributed by atoms with E-state index in [2.05, 4.69) is 31.9 Å². The first-order valence-corrected chi connectivity index (χ1v) is 13.6. The monoisotopic (exact) mass is 641 g/mol. The van der Waals surface area contributed by atoms with Gasteiger partial charge < -0.3 is 5.11 Å². The minimum Gasteiger partial charge on any atom is -0.508 e. The third-order valence-corrected chi connectivity index (χ3v) is 9.16. The third-order valence-electron chi connectivity index (χ3n) is 7.71. The lowest BCUT2D eigenvalue weighted by Gasteiger charge is -2.42. The Balaban J connectivity index is 1.50. The number of anilines is 1. The zero-order chi connectivity index (χ0) is 26.2. The number of Topliss-reactive ketones (excluding diaryl/α,β-unsaturated/α-hetero) is 1. The zero-order valence-electron chi connectivity index (χ0n) is 19.1. The number of benzene rings is 2. The normalized spacial score (nSPS) is 27.1. The summed E-state index contributed by atoms with van der Waals surface area (Å²) in [4.78, 5) is 55.1. The molecule has 2 amide bonds. The topological polar surface area (TPSA) is 91.8 Å². The van der Waals surface area contributed by atoms with Gasteiger partial charge >= 0.3 is 0 Å². The number of carbonyl (C=O) groups excluding carboxylic acids is 4. The minimum atomic E-state index is -0.670. The lowest BCUT2D eigenvalue weighted by atomic mass is 9.59. The van der Waals surface area contributed by atoms with Gasteiger partial charge in [-0.15, -0.1) is 0 Å². The Kier molecular flexibility index (Phi) is 5.89. The van der Waals surface area contributed by atoms with E-state index in [0.717, 1.165) is 10.0 Å². The van der Waals surface area contributed by atoms with Crippen molar-refractivity contribution in [2.24, 2.45) is 17.8 Å². The van der Waals surface area contributed by atoms with Crippen molar-refractivity contribution in [1.29, 1.82) is 0 Å². The molecule has 1 saturated heterocycles. The quantitative estimate of drug-likeness (QED) is 0.255. The zero-order valence-corrected chi connectivity index (χ0v) is 23.0. The summed E-state index contributed by atoms with van der Waals surface area (Å²) in [7, 11) is 0. The lowest BCUT2D eigenvalue weighted by Crippen LogP contribution is -2.39. The molecule has 2 aromatic carbocycles. The summed E-state index contributed by atoms with van der Waals surface area (Å²) < 4.78 is 0.994. The number of rotatable bonds is 2. The number of phenolic OH excluding ortho intramolecular Hbond substituents is 1. The molecule has 1 heterocycles. The molecule has 3 aliphatic carbocycles. The molecule has 6 nitrogen and oxygen atoms in total. The smallest absolute Gasteiger partial charge is 0.238 e. The van der Waals surface area contributed by atoms with Crippen LogP contribution in [0.15, 0.2) is 80.3 Å². The fourth-order valence-corrected chi connectivity index (χ4v) is 7.15. The second kappa shape index (κ2) is 8.89. The summed E-state index contributed by atoms with van der Waals surface area (Å²) in [6.07, 6.45) is 3.72. The van der Waals surface area contributed by atoms with Gasteiger partial charge in [-0.25, -0.2) is 0 Å². The summed E-state index contributed by atoms with van der Waals surface area (Å²) in [6, 6.07) is 11.5. The van der Waals surface area contributed by atoms with Gasteiger partial charge in [-0.1, -0.05) is 45.2 Å². The molecule has 0 radical (unpaired) electrons. The van der Waals surface area contributed by atoms with E-state index < -0.39 is 23.7 Å². The van der Waals surface area contributed by atoms with Gasteiger partial charge in [0.2, 0.25) is 11.8 Å². The molecule has 0 bridgehead atoms. The fourth-order valence-electron chi connectivity index (χ4n) is 6.16. The maximum absolute atomic E-state index is 13.8. The number of phenols is 1. The molecule has 0 aromatic heterocycles. The number of allylic oxidation sites excluding steroid dienone is 6. The summed E-state index contributed by atoms with van der Waals surface area (Å²) >= 11 is 13.2. The van der Waals surface area contributed by atoms with Gasteiger partial charge in [0.05, 0.1) is 22.0 Å². The van der Waals surface area contributed by atoms with E-state index in [4.69, 9.17) is 11.6 Å². The highest BCUT2D eigenvalue weighted by molar-refractivity contribution is 9.12. The first kappa shape index (κ1) is 24.5. The van der Waals surface area contributed by atoms with E-state index in [9.17, 15) is 24.3 Å². The summed E-state index contributed by atoms with van der Waals surface area (Å²) in [5, 5.41) is 10.2. The van der Waals surface area contributed by atoms with Crippen molar-refractivity contribution in [2.45, 2.75) is 18.8 Å². The Morgan fingerprint density at radius 2 is 1.68 bits per heavy atom. The number of aromatic hydroxyl groups is 1. The van der Waals surface area contributed by atoms with Gasteiger partial charge in [0.1, 0.15) is 5.75 Å². The van der Waals surface area contributed by atoms with Crippen LogP contribution in [0.1, 0.15) is 24.3 Å². The van der Waals surface area contributed by atoms with Crippen LogP contribution in [0.25, 0.3) is 0 Å². The SMILES string of the molecule is O=C1C=C(Br)C(=O)C2=C1C(c1ccc(O)cc1Cl)C1=CCC3C(=O)N(c4ccc(Br)cc4)C(=O)C3C1C2. The molecular weight excluding hydrogens is 626 g/mol. The summed E-state index contributed by atoms with van der Waals surface area (Å²) in [5.41, 5.74) is 2.54. The Morgan fingerprint density at radius 1 is 0.946 bits per heavy atom. The van der Waals surface area contributed by atoms with Crippen molar-refractivity contribution < 1.29 is 24.3 Å². The lowest BCUT2D eigenvalue weighted by molar-refractivity contribution is -0.123. The maximum Gasteiger partial charge on any atom is 0.238 e. The van der Waals surface area contributed by atoms with E-state index in [1.165, 1.54) is 23.1 Å². The van der Waals surface area contributed by atoms with Crippen molar-refractivity contribution >= 4 is 72.5 Å². The standard InChI is InChI=1S/C28H18Br2ClNO5/c29-12-1-3-13(4-2-12)32-27(36)17-8-7-15-18(24(17)28(32)37)10-19-25(22(34)11-20(30)26(19)35)23(15)16-6-5-14(33)9-21(16)31/h1-7,9,11,17-18,23-24,33H,8,10H2. The molecule has 0 spiro atoms. The Labute approximate surface area is 233 Å². The fraction of sp³-hybridized carbons (Fsp3) is 0.214. The number of nitrogens with zero attached hydrogens (tertiary/aromatic N) is 1. The van der Waals surface area contributed by atoms with Crippen LogP contribution in [0.4, 0.5) is 5.69 Å². The molecule has 37 heavy (non-hydrogen) atoms. The van der Waals surface area contributed by atoms with Crippen molar-refractivity contribution in [2.75, 3.05) is 4.90 Å². The molecule has 4 unspecified atom stereocenters. The van der Waals surface area contributed by atoms with Gasteiger partial charge in [0.15, 0.2) is 11.6 Å². The van der Waals surface area contributed by atoms with Crippen molar-refractivity contribution in [3.63, 3.8) is 0 Å². The first-order chi connectivity index (χ1) is 17.7. The third kappa shape index (κ3) is 3.72. The Hall–Kier alpha value is -2.81. The molecule has 4 aliphatic rings. The number of amides is 2. The van der Waals surface area contributed by atoms with Crippen LogP contribution in [0.5, 0.6) is 5.75 Å². The van der Waals surface area contributed by atoms with Crippen LogP contribution in [0.2, 0.25) is 5.02 Å². The van der Waals surface area contributed by atoms with Crippen molar-refractivity contribution in [3.05, 3.63) is 90.9 Å². The maximum atomic E-state index is 13.8. The van der Waals surface area contributed by atoms with Gasteiger partial charge in [-0.3, -0.25) is 24.1 Å². The largest absolute Gasteiger partial charge is 0.508 e. The predicted molar refractivity (Wildman–Crippen MR) is 144 cm³/mol. The molecule has 0 saturated carbocycles. The molecule has 186 valence electrons. The van der Waals surface area contributed by atoms with Gasteiger partial charge in [0.25, 0.3) is 0 Å². The average Bonchev–Trinajstić information content (AvgIpc) is 3.12.